The lowest BCUT2D eigenvalue weighted by molar-refractivity contribution is 0.310. The minimum absolute atomic E-state index is 0.00215. The first-order valence-corrected chi connectivity index (χ1v) is 7.70. The predicted octanol–water partition coefficient (Wildman–Crippen LogP) is 1.19. The SMILES string of the molecule is CC1CN(S(=O)(=O)c2cc(C#N)ccc2Cl)CCN1. The smallest absolute Gasteiger partial charge is 0.244 e. The van der Waals surface area contributed by atoms with Gasteiger partial charge in [-0.15, -0.1) is 0 Å². The second-order valence-corrected chi connectivity index (χ2v) is 6.79. The van der Waals surface area contributed by atoms with Crippen LogP contribution < -0.4 is 5.32 Å². The molecule has 0 radical (unpaired) electrons. The van der Waals surface area contributed by atoms with Crippen molar-refractivity contribution in [1.29, 1.82) is 5.26 Å². The molecule has 1 heterocycles. The Morgan fingerprint density at radius 2 is 2.26 bits per heavy atom. The van der Waals surface area contributed by atoms with Gasteiger partial charge in [0, 0.05) is 25.7 Å². The van der Waals surface area contributed by atoms with E-state index >= 15 is 0 Å². The Bertz CT molecular complexity index is 624. The number of nitriles is 1. The number of hydrogen-bond donors (Lipinski definition) is 1. The third-order valence-electron chi connectivity index (χ3n) is 3.01. The quantitative estimate of drug-likeness (QED) is 0.890. The van der Waals surface area contributed by atoms with Crippen LogP contribution in [0.3, 0.4) is 0 Å². The molecule has 0 amide bonds. The number of nitrogens with one attached hydrogen (secondary N) is 1. The molecule has 1 saturated heterocycles. The van der Waals surface area contributed by atoms with Crippen molar-refractivity contribution in [2.75, 3.05) is 19.6 Å². The summed E-state index contributed by atoms with van der Waals surface area (Å²) in [5, 5.41) is 12.2. The number of sulfonamides is 1. The fourth-order valence-electron chi connectivity index (χ4n) is 2.02. The summed E-state index contributed by atoms with van der Waals surface area (Å²) >= 11 is 5.96. The first-order chi connectivity index (χ1) is 8.95. The minimum atomic E-state index is -3.65. The molecular weight excluding hydrogens is 286 g/mol. The van der Waals surface area contributed by atoms with Crippen LogP contribution in [0, 0.1) is 11.3 Å². The first kappa shape index (κ1) is 14.3. The molecule has 1 N–H and O–H groups in total. The maximum Gasteiger partial charge on any atom is 0.244 e. The van der Waals surface area contributed by atoms with E-state index in [1.54, 1.807) is 0 Å². The summed E-state index contributed by atoms with van der Waals surface area (Å²) in [5.74, 6) is 0. The summed E-state index contributed by atoms with van der Waals surface area (Å²) < 4.78 is 26.5. The van der Waals surface area contributed by atoms with E-state index in [1.807, 2.05) is 13.0 Å². The van der Waals surface area contributed by atoms with Crippen molar-refractivity contribution in [2.24, 2.45) is 0 Å². The number of hydrogen-bond acceptors (Lipinski definition) is 4. The second kappa shape index (κ2) is 5.47. The average molecular weight is 300 g/mol. The summed E-state index contributed by atoms with van der Waals surface area (Å²) in [6.07, 6.45) is 0. The zero-order chi connectivity index (χ0) is 14.0. The van der Waals surface area contributed by atoms with E-state index in [4.69, 9.17) is 16.9 Å². The molecule has 1 atom stereocenters. The number of benzene rings is 1. The predicted molar refractivity (Wildman–Crippen MR) is 72.4 cm³/mol. The molecule has 1 aromatic rings. The number of rotatable bonds is 2. The summed E-state index contributed by atoms with van der Waals surface area (Å²) in [5.41, 5.74) is 0.283. The van der Waals surface area contributed by atoms with Gasteiger partial charge in [-0.25, -0.2) is 8.42 Å². The number of halogens is 1. The van der Waals surface area contributed by atoms with Gasteiger partial charge < -0.3 is 5.32 Å². The molecule has 0 spiro atoms. The van der Waals surface area contributed by atoms with Gasteiger partial charge in [0.05, 0.1) is 16.7 Å². The van der Waals surface area contributed by atoms with E-state index < -0.39 is 10.0 Å². The lowest BCUT2D eigenvalue weighted by atomic mass is 10.2. The fraction of sp³-hybridized carbons (Fsp3) is 0.417. The van der Waals surface area contributed by atoms with Crippen molar-refractivity contribution in [3.05, 3.63) is 28.8 Å². The first-order valence-electron chi connectivity index (χ1n) is 5.88. The third kappa shape index (κ3) is 2.90. The highest BCUT2D eigenvalue weighted by Gasteiger charge is 2.30. The van der Waals surface area contributed by atoms with Crippen molar-refractivity contribution < 1.29 is 8.42 Å². The molecule has 1 unspecified atom stereocenters. The van der Waals surface area contributed by atoms with E-state index in [0.29, 0.717) is 19.6 Å². The lowest BCUT2D eigenvalue weighted by Crippen LogP contribution is -2.51. The Morgan fingerprint density at radius 3 is 2.89 bits per heavy atom. The average Bonchev–Trinajstić information content (AvgIpc) is 2.39. The highest BCUT2D eigenvalue weighted by molar-refractivity contribution is 7.89. The van der Waals surface area contributed by atoms with Gasteiger partial charge in [0.2, 0.25) is 10.0 Å². The van der Waals surface area contributed by atoms with Crippen molar-refractivity contribution in [1.82, 2.24) is 9.62 Å². The van der Waals surface area contributed by atoms with Gasteiger partial charge in [0.25, 0.3) is 0 Å². The molecule has 7 heteroatoms. The van der Waals surface area contributed by atoms with Crippen LogP contribution in [0.1, 0.15) is 12.5 Å². The van der Waals surface area contributed by atoms with Gasteiger partial charge in [-0.1, -0.05) is 11.6 Å². The van der Waals surface area contributed by atoms with Gasteiger partial charge in [0.15, 0.2) is 0 Å². The Kier molecular flexibility index (Phi) is 4.11. The normalized spacial score (nSPS) is 21.0. The van der Waals surface area contributed by atoms with Crippen LogP contribution in [0.2, 0.25) is 5.02 Å². The van der Waals surface area contributed by atoms with E-state index in [-0.39, 0.29) is 21.5 Å². The van der Waals surface area contributed by atoms with Crippen LogP contribution in [0.4, 0.5) is 0 Å². The Balaban J connectivity index is 2.42. The summed E-state index contributed by atoms with van der Waals surface area (Å²) in [7, 11) is -3.65. The maximum atomic E-state index is 12.5. The fourth-order valence-corrected chi connectivity index (χ4v) is 4.05. The van der Waals surface area contributed by atoms with Crippen molar-refractivity contribution in [3.63, 3.8) is 0 Å². The maximum absolute atomic E-state index is 12.5. The highest BCUT2D eigenvalue weighted by atomic mass is 35.5. The monoisotopic (exact) mass is 299 g/mol. The minimum Gasteiger partial charge on any atom is -0.312 e. The topological polar surface area (TPSA) is 73.2 Å². The second-order valence-electron chi connectivity index (χ2n) is 4.48. The van der Waals surface area contributed by atoms with Crippen LogP contribution in [0.25, 0.3) is 0 Å². The van der Waals surface area contributed by atoms with Crippen LogP contribution >= 0.6 is 11.6 Å². The van der Waals surface area contributed by atoms with Crippen LogP contribution in [-0.4, -0.2) is 38.4 Å². The molecule has 0 bridgehead atoms. The molecule has 1 aromatic carbocycles. The lowest BCUT2D eigenvalue weighted by Gasteiger charge is -2.31. The van der Waals surface area contributed by atoms with Gasteiger partial charge in [0.1, 0.15) is 4.90 Å². The highest BCUT2D eigenvalue weighted by Crippen LogP contribution is 2.26. The summed E-state index contributed by atoms with van der Waals surface area (Å²) in [4.78, 5) is 0.00215. The van der Waals surface area contributed by atoms with Gasteiger partial charge in [-0.05, 0) is 25.1 Å². The standard InChI is InChI=1S/C12H14ClN3O2S/c1-9-8-16(5-4-15-9)19(17,18)12-6-10(7-14)2-3-11(12)13/h2-3,6,9,15H,4-5,8H2,1H3. The van der Waals surface area contributed by atoms with Gasteiger partial charge in [-0.2, -0.15) is 9.57 Å². The van der Waals surface area contributed by atoms with Crippen molar-refractivity contribution >= 4 is 21.6 Å². The Labute approximate surface area is 117 Å². The molecule has 1 aliphatic rings. The summed E-state index contributed by atoms with van der Waals surface area (Å²) in [6, 6.07) is 6.29. The largest absolute Gasteiger partial charge is 0.312 e. The van der Waals surface area contributed by atoms with Crippen molar-refractivity contribution in [2.45, 2.75) is 17.9 Å². The zero-order valence-electron chi connectivity index (χ0n) is 10.4. The Morgan fingerprint density at radius 1 is 1.53 bits per heavy atom. The molecule has 19 heavy (non-hydrogen) atoms. The molecule has 0 saturated carbocycles. The number of piperazine rings is 1. The number of nitrogens with zero attached hydrogens (tertiary/aromatic N) is 2. The van der Waals surface area contributed by atoms with Crippen LogP contribution in [0.5, 0.6) is 0 Å². The van der Waals surface area contributed by atoms with Crippen molar-refractivity contribution in [3.8, 4) is 6.07 Å². The molecule has 1 fully saturated rings. The molecule has 0 aromatic heterocycles. The van der Waals surface area contributed by atoms with Crippen LogP contribution in [0.15, 0.2) is 23.1 Å². The molecule has 102 valence electrons. The molecular formula is C12H14ClN3O2S. The molecule has 0 aliphatic carbocycles. The third-order valence-corrected chi connectivity index (χ3v) is 5.36. The van der Waals surface area contributed by atoms with Gasteiger partial charge >= 0.3 is 0 Å². The van der Waals surface area contributed by atoms with E-state index in [9.17, 15) is 8.42 Å². The molecule has 1 aliphatic heterocycles. The molecule has 5 nitrogen and oxygen atoms in total. The van der Waals surface area contributed by atoms with E-state index in [1.165, 1.54) is 22.5 Å². The van der Waals surface area contributed by atoms with E-state index in [2.05, 4.69) is 5.32 Å². The van der Waals surface area contributed by atoms with Crippen LogP contribution in [-0.2, 0) is 10.0 Å². The summed E-state index contributed by atoms with van der Waals surface area (Å²) in [6.45, 7) is 3.33. The van der Waals surface area contributed by atoms with E-state index in [0.717, 1.165) is 0 Å². The zero-order valence-corrected chi connectivity index (χ0v) is 12.0. The molecule has 2 rings (SSSR count). The Hall–Kier alpha value is -1.13. The van der Waals surface area contributed by atoms with Gasteiger partial charge in [-0.3, -0.25) is 0 Å².